The summed E-state index contributed by atoms with van der Waals surface area (Å²) in [5, 5.41) is 16.3. The number of nitrogens with one attached hydrogen (secondary N) is 2. The van der Waals surface area contributed by atoms with Gasteiger partial charge in [-0.25, -0.2) is 0 Å². The average Bonchev–Trinajstić information content (AvgIpc) is 2.35. The topological polar surface area (TPSA) is 110 Å². The summed E-state index contributed by atoms with van der Waals surface area (Å²) in [6, 6.07) is 6.36. The van der Waals surface area contributed by atoms with Crippen molar-refractivity contribution in [3.05, 3.63) is 34.4 Å². The summed E-state index contributed by atoms with van der Waals surface area (Å²) in [6.07, 6.45) is 0.283. The van der Waals surface area contributed by atoms with Crippen LogP contribution in [-0.4, -0.2) is 30.5 Å². The number of nitrogens with zero attached hydrogens (tertiary/aromatic N) is 1. The van der Waals surface area contributed by atoms with Crippen LogP contribution in [0.4, 0.5) is 11.4 Å². The molecule has 0 unspecified atom stereocenters. The van der Waals surface area contributed by atoms with Crippen LogP contribution < -0.4 is 16.4 Å². The zero-order valence-electron chi connectivity index (χ0n) is 9.89. The highest BCUT2D eigenvalue weighted by Gasteiger charge is 2.11. The number of para-hydroxylation sites is 2. The van der Waals surface area contributed by atoms with Gasteiger partial charge in [-0.3, -0.25) is 14.9 Å². The Morgan fingerprint density at radius 2 is 2.06 bits per heavy atom. The molecule has 0 fully saturated rings. The number of nitro groups is 1. The fourth-order valence-corrected chi connectivity index (χ4v) is 1.40. The summed E-state index contributed by atoms with van der Waals surface area (Å²) in [4.78, 5) is 21.4. The number of anilines is 1. The standard InChI is InChI=1S/C11H16N4O3/c12-6-5-11(16)14-8-7-13-9-3-1-2-4-10(9)15(17)18/h1-4,13H,5-8,12H2,(H,14,16). The van der Waals surface area contributed by atoms with E-state index in [0.29, 0.717) is 25.3 Å². The maximum Gasteiger partial charge on any atom is 0.292 e. The number of amides is 1. The first-order valence-electron chi connectivity index (χ1n) is 5.59. The van der Waals surface area contributed by atoms with Gasteiger partial charge in [0, 0.05) is 32.1 Å². The van der Waals surface area contributed by atoms with Crippen LogP contribution >= 0.6 is 0 Å². The van der Waals surface area contributed by atoms with Crippen molar-refractivity contribution in [3.8, 4) is 0 Å². The molecule has 0 saturated carbocycles. The Morgan fingerprint density at radius 1 is 1.33 bits per heavy atom. The van der Waals surface area contributed by atoms with Gasteiger partial charge in [0.15, 0.2) is 0 Å². The molecule has 1 rings (SSSR count). The number of benzene rings is 1. The van der Waals surface area contributed by atoms with Crippen molar-refractivity contribution in [3.63, 3.8) is 0 Å². The summed E-state index contributed by atoms with van der Waals surface area (Å²) >= 11 is 0. The van der Waals surface area contributed by atoms with Gasteiger partial charge in [0.05, 0.1) is 4.92 Å². The number of hydrogen-bond donors (Lipinski definition) is 3. The Morgan fingerprint density at radius 3 is 2.72 bits per heavy atom. The lowest BCUT2D eigenvalue weighted by Gasteiger charge is -2.07. The third-order valence-electron chi connectivity index (χ3n) is 2.23. The molecule has 0 saturated heterocycles. The molecule has 1 amide bonds. The van der Waals surface area contributed by atoms with Gasteiger partial charge in [0.25, 0.3) is 5.69 Å². The maximum absolute atomic E-state index is 11.1. The number of carbonyl (C=O) groups excluding carboxylic acids is 1. The summed E-state index contributed by atoms with van der Waals surface area (Å²) in [6.45, 7) is 1.12. The number of nitrogens with two attached hydrogens (primary N) is 1. The van der Waals surface area contributed by atoms with E-state index in [1.165, 1.54) is 6.07 Å². The van der Waals surface area contributed by atoms with Gasteiger partial charge in [-0.2, -0.15) is 0 Å². The van der Waals surface area contributed by atoms with Crippen LogP contribution in [0.15, 0.2) is 24.3 Å². The molecule has 4 N–H and O–H groups in total. The van der Waals surface area contributed by atoms with E-state index in [9.17, 15) is 14.9 Å². The third kappa shape index (κ3) is 4.38. The van der Waals surface area contributed by atoms with Crippen LogP contribution in [-0.2, 0) is 4.79 Å². The molecule has 18 heavy (non-hydrogen) atoms. The van der Waals surface area contributed by atoms with Gasteiger partial charge in [-0.15, -0.1) is 0 Å². The highest BCUT2D eigenvalue weighted by molar-refractivity contribution is 5.76. The largest absolute Gasteiger partial charge is 0.378 e. The van der Waals surface area contributed by atoms with E-state index >= 15 is 0 Å². The van der Waals surface area contributed by atoms with Crippen LogP contribution in [0.3, 0.4) is 0 Å². The number of carbonyl (C=O) groups is 1. The molecule has 0 heterocycles. The zero-order valence-corrected chi connectivity index (χ0v) is 9.89. The summed E-state index contributed by atoms with van der Waals surface area (Å²) in [5.74, 6) is -0.123. The van der Waals surface area contributed by atoms with E-state index < -0.39 is 4.92 Å². The molecule has 7 heteroatoms. The molecule has 0 aliphatic heterocycles. The van der Waals surface area contributed by atoms with Crippen molar-refractivity contribution in [2.24, 2.45) is 5.73 Å². The summed E-state index contributed by atoms with van der Waals surface area (Å²) in [5.41, 5.74) is 5.69. The lowest BCUT2D eigenvalue weighted by molar-refractivity contribution is -0.384. The molecule has 0 bridgehead atoms. The van der Waals surface area contributed by atoms with E-state index in [1.54, 1.807) is 18.2 Å². The minimum Gasteiger partial charge on any atom is -0.378 e. The minimum absolute atomic E-state index is 0.0192. The van der Waals surface area contributed by atoms with Crippen molar-refractivity contribution < 1.29 is 9.72 Å². The van der Waals surface area contributed by atoms with Gasteiger partial charge in [0.2, 0.25) is 5.91 Å². The predicted octanol–water partition coefficient (Wildman–Crippen LogP) is 0.472. The first kappa shape index (κ1) is 13.9. The number of rotatable bonds is 7. The zero-order chi connectivity index (χ0) is 13.4. The summed E-state index contributed by atoms with van der Waals surface area (Å²) in [7, 11) is 0. The minimum atomic E-state index is -0.449. The Balaban J connectivity index is 2.40. The lowest BCUT2D eigenvalue weighted by Crippen LogP contribution is -2.30. The molecule has 0 aliphatic carbocycles. The third-order valence-corrected chi connectivity index (χ3v) is 2.23. The molecule has 1 aromatic rings. The van der Waals surface area contributed by atoms with E-state index in [-0.39, 0.29) is 18.0 Å². The van der Waals surface area contributed by atoms with Crippen LogP contribution in [0, 0.1) is 10.1 Å². The van der Waals surface area contributed by atoms with Crippen LogP contribution in [0.5, 0.6) is 0 Å². The SMILES string of the molecule is NCCC(=O)NCCNc1ccccc1[N+](=O)[O-]. The first-order chi connectivity index (χ1) is 8.65. The molecule has 0 spiro atoms. The highest BCUT2D eigenvalue weighted by atomic mass is 16.6. The summed E-state index contributed by atoms with van der Waals surface area (Å²) < 4.78 is 0. The molecule has 0 aliphatic rings. The van der Waals surface area contributed by atoms with Crippen LogP contribution in [0.25, 0.3) is 0 Å². The highest BCUT2D eigenvalue weighted by Crippen LogP contribution is 2.22. The molecule has 7 nitrogen and oxygen atoms in total. The van der Waals surface area contributed by atoms with Gasteiger partial charge in [-0.05, 0) is 6.07 Å². The molecule has 98 valence electrons. The number of nitro benzene ring substituents is 1. The Hall–Kier alpha value is -2.15. The van der Waals surface area contributed by atoms with Crippen molar-refractivity contribution in [1.82, 2.24) is 5.32 Å². The lowest BCUT2D eigenvalue weighted by atomic mass is 10.2. The molecule has 0 atom stereocenters. The molecule has 0 aromatic heterocycles. The fourth-order valence-electron chi connectivity index (χ4n) is 1.40. The monoisotopic (exact) mass is 252 g/mol. The normalized spacial score (nSPS) is 9.83. The molecular formula is C11H16N4O3. The second-order valence-corrected chi connectivity index (χ2v) is 3.59. The maximum atomic E-state index is 11.1. The van der Waals surface area contributed by atoms with Crippen molar-refractivity contribution in [1.29, 1.82) is 0 Å². The van der Waals surface area contributed by atoms with E-state index in [0.717, 1.165) is 0 Å². The second-order valence-electron chi connectivity index (χ2n) is 3.59. The van der Waals surface area contributed by atoms with Crippen molar-refractivity contribution in [2.45, 2.75) is 6.42 Å². The quantitative estimate of drug-likeness (QED) is 0.371. The van der Waals surface area contributed by atoms with Gasteiger partial charge in [-0.1, -0.05) is 12.1 Å². The van der Waals surface area contributed by atoms with Crippen LogP contribution in [0.1, 0.15) is 6.42 Å². The van der Waals surface area contributed by atoms with E-state index in [2.05, 4.69) is 10.6 Å². The van der Waals surface area contributed by atoms with Crippen molar-refractivity contribution >= 4 is 17.3 Å². The molecule has 1 aromatic carbocycles. The van der Waals surface area contributed by atoms with Gasteiger partial charge in [0.1, 0.15) is 5.69 Å². The predicted molar refractivity (Wildman–Crippen MR) is 68.3 cm³/mol. The van der Waals surface area contributed by atoms with E-state index in [1.807, 2.05) is 0 Å². The smallest absolute Gasteiger partial charge is 0.292 e. The van der Waals surface area contributed by atoms with Gasteiger partial charge < -0.3 is 16.4 Å². The molecular weight excluding hydrogens is 236 g/mol. The molecule has 0 radical (unpaired) electrons. The Kier molecular flexibility index (Phi) is 5.59. The van der Waals surface area contributed by atoms with Crippen molar-refractivity contribution in [2.75, 3.05) is 25.0 Å². The Bertz CT molecular complexity index is 423. The second kappa shape index (κ2) is 7.23. The Labute approximate surface area is 105 Å². The van der Waals surface area contributed by atoms with Gasteiger partial charge >= 0.3 is 0 Å². The fraction of sp³-hybridized carbons (Fsp3) is 0.364. The van der Waals surface area contributed by atoms with E-state index in [4.69, 9.17) is 5.73 Å². The van der Waals surface area contributed by atoms with Crippen LogP contribution in [0.2, 0.25) is 0 Å². The first-order valence-corrected chi connectivity index (χ1v) is 5.59. The average molecular weight is 252 g/mol. The number of hydrogen-bond acceptors (Lipinski definition) is 5.